The maximum absolute atomic E-state index is 12.8. The number of halogens is 3. The number of ether oxygens (including phenoxy) is 1. The van der Waals surface area contributed by atoms with Gasteiger partial charge in [0.25, 0.3) is 5.91 Å². The first-order valence-corrected chi connectivity index (χ1v) is 10.6. The molecule has 0 aliphatic heterocycles. The molecule has 1 heterocycles. The van der Waals surface area contributed by atoms with Gasteiger partial charge < -0.3 is 9.64 Å². The van der Waals surface area contributed by atoms with Crippen molar-refractivity contribution in [1.82, 2.24) is 14.7 Å². The molecule has 1 amide bonds. The van der Waals surface area contributed by atoms with Crippen LogP contribution in [0, 0.1) is 13.8 Å². The Bertz CT molecular complexity index is 1170. The number of hydrogen-bond donors (Lipinski definition) is 0. The van der Waals surface area contributed by atoms with Crippen molar-refractivity contribution in [2.24, 2.45) is 0 Å². The Labute approximate surface area is 195 Å². The first-order valence-electron chi connectivity index (χ1n) is 10.6. The van der Waals surface area contributed by atoms with E-state index in [0.29, 0.717) is 17.5 Å². The van der Waals surface area contributed by atoms with E-state index in [0.717, 1.165) is 34.8 Å². The molecule has 3 aromatic rings. The Morgan fingerprint density at radius 2 is 1.65 bits per heavy atom. The van der Waals surface area contributed by atoms with Gasteiger partial charge in [0.15, 0.2) is 0 Å². The van der Waals surface area contributed by atoms with E-state index in [4.69, 9.17) is 4.74 Å². The van der Waals surface area contributed by atoms with E-state index in [9.17, 15) is 22.8 Å². The number of carbonyl (C=O) groups excluding carboxylic acids is 2. The number of carbonyl (C=O) groups is 2. The fraction of sp³-hybridized carbons (Fsp3) is 0.320. The van der Waals surface area contributed by atoms with Gasteiger partial charge in [0.2, 0.25) is 0 Å². The first-order chi connectivity index (χ1) is 16.0. The third kappa shape index (κ3) is 5.65. The average molecular weight is 473 g/mol. The van der Waals surface area contributed by atoms with Crippen LogP contribution in [0.3, 0.4) is 0 Å². The molecule has 3 rings (SSSR count). The van der Waals surface area contributed by atoms with Gasteiger partial charge in [0.05, 0.1) is 24.1 Å². The fourth-order valence-electron chi connectivity index (χ4n) is 3.73. The number of aromatic nitrogens is 2. The molecule has 0 spiro atoms. The van der Waals surface area contributed by atoms with E-state index >= 15 is 0 Å². The van der Waals surface area contributed by atoms with Crippen molar-refractivity contribution >= 4 is 11.9 Å². The summed E-state index contributed by atoms with van der Waals surface area (Å²) < 4.78 is 44.7. The lowest BCUT2D eigenvalue weighted by atomic mass is 10.1. The van der Waals surface area contributed by atoms with Crippen molar-refractivity contribution in [1.29, 1.82) is 0 Å². The molecule has 0 radical (unpaired) electrons. The summed E-state index contributed by atoms with van der Waals surface area (Å²) in [6.45, 7) is 3.98. The smallest absolute Gasteiger partial charge is 0.416 e. The number of rotatable bonds is 7. The highest BCUT2D eigenvalue weighted by molar-refractivity contribution is 5.94. The van der Waals surface area contributed by atoms with E-state index in [1.165, 1.54) is 24.1 Å². The highest BCUT2D eigenvalue weighted by Gasteiger charge is 2.30. The van der Waals surface area contributed by atoms with E-state index in [1.807, 2.05) is 13.8 Å². The summed E-state index contributed by atoms with van der Waals surface area (Å²) in [5.74, 6) is -0.534. The van der Waals surface area contributed by atoms with Crippen LogP contribution >= 0.6 is 0 Å². The van der Waals surface area contributed by atoms with E-state index in [1.54, 1.807) is 36.0 Å². The Hall–Kier alpha value is -3.62. The molecule has 0 N–H and O–H groups in total. The molecule has 9 heteroatoms. The molecular weight excluding hydrogens is 447 g/mol. The van der Waals surface area contributed by atoms with E-state index in [2.05, 4.69) is 5.10 Å². The highest BCUT2D eigenvalue weighted by atomic mass is 19.4. The summed E-state index contributed by atoms with van der Waals surface area (Å²) in [7, 11) is 2.96. The minimum atomic E-state index is -4.39. The number of esters is 1. The summed E-state index contributed by atoms with van der Waals surface area (Å²) in [6, 6.07) is 11.7. The third-order valence-corrected chi connectivity index (χ3v) is 5.65. The van der Waals surface area contributed by atoms with Crippen LogP contribution in [0.2, 0.25) is 0 Å². The lowest BCUT2D eigenvalue weighted by Gasteiger charge is -2.18. The zero-order valence-electron chi connectivity index (χ0n) is 19.4. The maximum atomic E-state index is 12.8. The minimum Gasteiger partial charge on any atom is -0.469 e. The number of aryl methyl sites for hydroxylation is 1. The largest absolute Gasteiger partial charge is 0.469 e. The summed E-state index contributed by atoms with van der Waals surface area (Å²) in [6.07, 6.45) is -3.60. The standard InChI is InChI=1S/C25H26F3N3O3/c1-16-22(13-14-23(32)34-4)17(2)31(29-16)21-11-7-19(8-12-21)24(33)30(3)15-18-5-9-20(10-6-18)25(26,27)28/h5-12H,13-15H2,1-4H3. The Morgan fingerprint density at radius 1 is 1.03 bits per heavy atom. The second kappa shape index (κ2) is 10.1. The van der Waals surface area contributed by atoms with Crippen LogP contribution in [-0.2, 0) is 28.7 Å². The van der Waals surface area contributed by atoms with Gasteiger partial charge in [0, 0.05) is 31.3 Å². The molecule has 2 aromatic carbocycles. The van der Waals surface area contributed by atoms with Gasteiger partial charge in [-0.25, -0.2) is 4.68 Å². The molecule has 0 atom stereocenters. The van der Waals surface area contributed by atoms with Gasteiger partial charge in [0.1, 0.15) is 0 Å². The molecule has 0 saturated carbocycles. The summed E-state index contributed by atoms with van der Waals surface area (Å²) in [5, 5.41) is 4.56. The van der Waals surface area contributed by atoms with Gasteiger partial charge in [-0.15, -0.1) is 0 Å². The Morgan fingerprint density at radius 3 is 2.21 bits per heavy atom. The molecule has 0 bridgehead atoms. The van der Waals surface area contributed by atoms with Crippen LogP contribution in [0.25, 0.3) is 5.69 Å². The molecule has 1 aromatic heterocycles. The molecule has 0 aliphatic carbocycles. The number of nitrogens with zero attached hydrogens (tertiary/aromatic N) is 3. The SMILES string of the molecule is COC(=O)CCc1c(C)nn(-c2ccc(C(=O)N(C)Cc3ccc(C(F)(F)F)cc3)cc2)c1C. The number of benzene rings is 2. The van der Waals surface area contributed by atoms with Crippen molar-refractivity contribution in [3.63, 3.8) is 0 Å². The van der Waals surface area contributed by atoms with Crippen LogP contribution in [0.5, 0.6) is 0 Å². The van der Waals surface area contributed by atoms with E-state index in [-0.39, 0.29) is 24.8 Å². The van der Waals surface area contributed by atoms with Crippen LogP contribution in [0.4, 0.5) is 13.2 Å². The average Bonchev–Trinajstić information content (AvgIpc) is 3.09. The lowest BCUT2D eigenvalue weighted by molar-refractivity contribution is -0.140. The maximum Gasteiger partial charge on any atom is 0.416 e. The molecule has 0 fully saturated rings. The topological polar surface area (TPSA) is 64.4 Å². The van der Waals surface area contributed by atoms with Crippen LogP contribution in [-0.4, -0.2) is 40.7 Å². The van der Waals surface area contributed by atoms with Crippen LogP contribution in [0.1, 0.15) is 44.9 Å². The summed E-state index contributed by atoms with van der Waals surface area (Å²) in [4.78, 5) is 25.7. The Kier molecular flexibility index (Phi) is 7.44. The Balaban J connectivity index is 1.70. The predicted molar refractivity (Wildman–Crippen MR) is 121 cm³/mol. The van der Waals surface area contributed by atoms with Gasteiger partial charge in [-0.05, 0) is 67.8 Å². The van der Waals surface area contributed by atoms with Gasteiger partial charge in [-0.3, -0.25) is 9.59 Å². The quantitative estimate of drug-likeness (QED) is 0.459. The summed E-state index contributed by atoms with van der Waals surface area (Å²) >= 11 is 0. The first kappa shape index (κ1) is 25.0. The van der Waals surface area contributed by atoms with Gasteiger partial charge in [-0.1, -0.05) is 12.1 Å². The third-order valence-electron chi connectivity index (χ3n) is 5.65. The van der Waals surface area contributed by atoms with Crippen molar-refractivity contribution < 1.29 is 27.5 Å². The molecular formula is C25H26F3N3O3. The minimum absolute atomic E-state index is 0.180. The molecule has 0 unspecified atom stereocenters. The number of alkyl halides is 3. The second-order valence-electron chi connectivity index (χ2n) is 8.04. The number of hydrogen-bond acceptors (Lipinski definition) is 4. The monoisotopic (exact) mass is 473 g/mol. The normalized spacial score (nSPS) is 11.4. The zero-order valence-corrected chi connectivity index (χ0v) is 19.4. The highest BCUT2D eigenvalue weighted by Crippen LogP contribution is 2.29. The predicted octanol–water partition coefficient (Wildman–Crippen LogP) is 4.89. The summed E-state index contributed by atoms with van der Waals surface area (Å²) in [5.41, 5.74) is 3.79. The fourth-order valence-corrected chi connectivity index (χ4v) is 3.73. The van der Waals surface area contributed by atoms with Crippen molar-refractivity contribution in [3.8, 4) is 5.69 Å². The number of amides is 1. The van der Waals surface area contributed by atoms with Crippen molar-refractivity contribution in [2.45, 2.75) is 39.4 Å². The van der Waals surface area contributed by atoms with Gasteiger partial charge >= 0.3 is 12.1 Å². The molecule has 34 heavy (non-hydrogen) atoms. The second-order valence-corrected chi connectivity index (χ2v) is 8.04. The number of methoxy groups -OCH3 is 1. The van der Waals surface area contributed by atoms with E-state index < -0.39 is 11.7 Å². The van der Waals surface area contributed by atoms with Gasteiger partial charge in [-0.2, -0.15) is 18.3 Å². The zero-order chi connectivity index (χ0) is 25.0. The lowest BCUT2D eigenvalue weighted by Crippen LogP contribution is -2.26. The molecule has 0 aliphatic rings. The van der Waals surface area contributed by atoms with Crippen LogP contribution in [0.15, 0.2) is 48.5 Å². The van der Waals surface area contributed by atoms with Crippen LogP contribution < -0.4 is 0 Å². The van der Waals surface area contributed by atoms with Crippen molar-refractivity contribution in [2.75, 3.05) is 14.2 Å². The molecule has 6 nitrogen and oxygen atoms in total. The molecule has 180 valence electrons. The van der Waals surface area contributed by atoms with Crippen molar-refractivity contribution in [3.05, 3.63) is 82.2 Å². The molecule has 0 saturated heterocycles.